The molecule has 1 amide bonds. The molecule has 1 aromatic carbocycles. The van der Waals surface area contributed by atoms with Gasteiger partial charge in [0.05, 0.1) is 12.5 Å². The molecule has 1 saturated heterocycles. The highest BCUT2D eigenvalue weighted by Gasteiger charge is 2.25. The van der Waals surface area contributed by atoms with Crippen molar-refractivity contribution in [1.82, 2.24) is 10.3 Å². The van der Waals surface area contributed by atoms with Gasteiger partial charge >= 0.3 is 0 Å². The minimum atomic E-state index is 0.0311. The number of hydrogen-bond acceptors (Lipinski definition) is 4. The van der Waals surface area contributed by atoms with Crippen LogP contribution in [0.2, 0.25) is 0 Å². The zero-order valence-corrected chi connectivity index (χ0v) is 16.1. The molecule has 0 radical (unpaired) electrons. The van der Waals surface area contributed by atoms with Crippen LogP contribution in [0.15, 0.2) is 48.8 Å². The van der Waals surface area contributed by atoms with E-state index >= 15 is 0 Å². The Labute approximate surface area is 161 Å². The summed E-state index contributed by atoms with van der Waals surface area (Å²) in [6.07, 6.45) is 7.77. The number of unbranched alkanes of at least 4 members (excludes halogenated alkanes) is 1. The zero-order valence-electron chi connectivity index (χ0n) is 16.1. The van der Waals surface area contributed by atoms with Gasteiger partial charge in [-0.15, -0.1) is 0 Å². The van der Waals surface area contributed by atoms with E-state index in [2.05, 4.69) is 22.1 Å². The summed E-state index contributed by atoms with van der Waals surface area (Å²) in [7, 11) is 0. The lowest BCUT2D eigenvalue weighted by molar-refractivity contribution is -0.125. The second kappa shape index (κ2) is 9.95. The third kappa shape index (κ3) is 5.71. The maximum atomic E-state index is 12.6. The third-order valence-corrected chi connectivity index (χ3v) is 4.98. The first-order valence-electron chi connectivity index (χ1n) is 9.90. The highest BCUT2D eigenvalue weighted by molar-refractivity contribution is 5.79. The maximum Gasteiger partial charge on any atom is 0.225 e. The van der Waals surface area contributed by atoms with E-state index in [1.165, 1.54) is 0 Å². The Balaban J connectivity index is 1.47. The fourth-order valence-electron chi connectivity index (χ4n) is 3.35. The van der Waals surface area contributed by atoms with Crippen molar-refractivity contribution in [2.24, 2.45) is 5.92 Å². The van der Waals surface area contributed by atoms with E-state index in [1.54, 1.807) is 12.4 Å². The molecule has 1 aromatic heterocycles. The molecule has 2 aromatic rings. The van der Waals surface area contributed by atoms with Crippen LogP contribution in [0, 0.1) is 5.92 Å². The summed E-state index contributed by atoms with van der Waals surface area (Å²) in [5, 5.41) is 3.09. The minimum absolute atomic E-state index is 0.0311. The maximum absolute atomic E-state index is 12.6. The van der Waals surface area contributed by atoms with E-state index in [9.17, 15) is 4.79 Å². The van der Waals surface area contributed by atoms with Crippen LogP contribution in [-0.4, -0.2) is 30.6 Å². The van der Waals surface area contributed by atoms with E-state index in [0.29, 0.717) is 6.54 Å². The van der Waals surface area contributed by atoms with E-state index in [0.717, 1.165) is 62.4 Å². The highest BCUT2D eigenvalue weighted by Crippen LogP contribution is 2.22. The first kappa shape index (κ1) is 19.2. The number of aromatic nitrogens is 1. The smallest absolute Gasteiger partial charge is 0.225 e. The van der Waals surface area contributed by atoms with Crippen molar-refractivity contribution in [2.45, 2.75) is 39.2 Å². The Morgan fingerprint density at radius 1 is 1.22 bits per heavy atom. The van der Waals surface area contributed by atoms with Gasteiger partial charge in [-0.05, 0) is 49.1 Å². The van der Waals surface area contributed by atoms with Crippen LogP contribution in [0.4, 0.5) is 5.69 Å². The number of carbonyl (C=O) groups is 1. The standard InChI is InChI=1S/C22H29N3O2/c1-2-3-15-27-21-8-6-18(7-9-21)16-24-22(26)19-5-4-14-25(17-19)20-10-12-23-13-11-20/h6-13,19H,2-5,14-17H2,1H3,(H,24,26). The Hall–Kier alpha value is -2.56. The number of anilines is 1. The molecule has 1 N–H and O–H groups in total. The van der Waals surface area contributed by atoms with E-state index in [-0.39, 0.29) is 11.8 Å². The van der Waals surface area contributed by atoms with E-state index < -0.39 is 0 Å². The molecule has 0 bridgehead atoms. The van der Waals surface area contributed by atoms with E-state index in [1.807, 2.05) is 36.4 Å². The average Bonchev–Trinajstić information content (AvgIpc) is 2.74. The van der Waals surface area contributed by atoms with Gasteiger partial charge in [0.1, 0.15) is 5.75 Å². The molecule has 1 atom stereocenters. The molecule has 5 nitrogen and oxygen atoms in total. The Bertz CT molecular complexity index is 703. The lowest BCUT2D eigenvalue weighted by Gasteiger charge is -2.33. The molecule has 2 heterocycles. The number of benzene rings is 1. The Morgan fingerprint density at radius 2 is 2.00 bits per heavy atom. The number of amides is 1. The molecule has 1 aliphatic rings. The second-order valence-corrected chi connectivity index (χ2v) is 7.05. The summed E-state index contributed by atoms with van der Waals surface area (Å²) >= 11 is 0. The van der Waals surface area contributed by atoms with Crippen LogP contribution in [0.3, 0.4) is 0 Å². The molecular weight excluding hydrogens is 338 g/mol. The molecule has 144 valence electrons. The van der Waals surface area contributed by atoms with Crippen LogP contribution in [0.5, 0.6) is 5.75 Å². The first-order chi connectivity index (χ1) is 13.3. The normalized spacial score (nSPS) is 16.8. The number of carbonyl (C=O) groups excluding carboxylic acids is 1. The van der Waals surface area contributed by atoms with Crippen molar-refractivity contribution in [3.8, 4) is 5.75 Å². The first-order valence-corrected chi connectivity index (χ1v) is 9.90. The topological polar surface area (TPSA) is 54.5 Å². The predicted octanol–water partition coefficient (Wildman–Crippen LogP) is 3.79. The van der Waals surface area contributed by atoms with Crippen LogP contribution >= 0.6 is 0 Å². The third-order valence-electron chi connectivity index (χ3n) is 4.98. The number of nitrogens with zero attached hydrogens (tertiary/aromatic N) is 2. The molecule has 5 heteroatoms. The molecule has 3 rings (SSSR count). The fourth-order valence-corrected chi connectivity index (χ4v) is 3.35. The number of pyridine rings is 1. The molecule has 1 aliphatic heterocycles. The van der Waals surface area contributed by atoms with E-state index in [4.69, 9.17) is 4.74 Å². The van der Waals surface area contributed by atoms with Gasteiger partial charge in [0.25, 0.3) is 0 Å². The van der Waals surface area contributed by atoms with Crippen molar-refractivity contribution >= 4 is 11.6 Å². The van der Waals surface area contributed by atoms with Gasteiger partial charge in [-0.2, -0.15) is 0 Å². The lowest BCUT2D eigenvalue weighted by Crippen LogP contribution is -2.43. The molecule has 27 heavy (non-hydrogen) atoms. The van der Waals surface area contributed by atoms with Crippen molar-refractivity contribution in [1.29, 1.82) is 0 Å². The molecule has 1 fully saturated rings. The van der Waals surface area contributed by atoms with Crippen LogP contribution in [-0.2, 0) is 11.3 Å². The van der Waals surface area contributed by atoms with Crippen LogP contribution in [0.1, 0.15) is 38.2 Å². The molecule has 0 saturated carbocycles. The summed E-state index contributed by atoms with van der Waals surface area (Å²) < 4.78 is 5.68. The quantitative estimate of drug-likeness (QED) is 0.721. The largest absolute Gasteiger partial charge is 0.494 e. The number of hydrogen-bond donors (Lipinski definition) is 1. The summed E-state index contributed by atoms with van der Waals surface area (Å²) in [6.45, 7) is 5.22. The van der Waals surface area contributed by atoms with Crippen molar-refractivity contribution in [3.05, 3.63) is 54.4 Å². The highest BCUT2D eigenvalue weighted by atomic mass is 16.5. The van der Waals surface area contributed by atoms with Crippen LogP contribution < -0.4 is 15.0 Å². The van der Waals surface area contributed by atoms with Crippen LogP contribution in [0.25, 0.3) is 0 Å². The van der Waals surface area contributed by atoms with Gasteiger partial charge in [0, 0.05) is 37.7 Å². The SMILES string of the molecule is CCCCOc1ccc(CNC(=O)C2CCCN(c3ccncc3)C2)cc1. The van der Waals surface area contributed by atoms with Gasteiger partial charge in [0.2, 0.25) is 5.91 Å². The summed E-state index contributed by atoms with van der Waals surface area (Å²) in [5.41, 5.74) is 2.23. The molecule has 0 spiro atoms. The average molecular weight is 367 g/mol. The molecule has 1 unspecified atom stereocenters. The number of nitrogens with one attached hydrogen (secondary N) is 1. The van der Waals surface area contributed by atoms with Crippen molar-refractivity contribution in [2.75, 3.05) is 24.6 Å². The van der Waals surface area contributed by atoms with Gasteiger partial charge < -0.3 is 15.0 Å². The molecule has 0 aliphatic carbocycles. The second-order valence-electron chi connectivity index (χ2n) is 7.05. The van der Waals surface area contributed by atoms with Crippen molar-refractivity contribution < 1.29 is 9.53 Å². The predicted molar refractivity (Wildman–Crippen MR) is 108 cm³/mol. The summed E-state index contributed by atoms with van der Waals surface area (Å²) in [4.78, 5) is 19.0. The van der Waals surface area contributed by atoms with Gasteiger partial charge in [0.15, 0.2) is 0 Å². The van der Waals surface area contributed by atoms with Gasteiger partial charge in [-0.1, -0.05) is 25.5 Å². The molecular formula is C22H29N3O2. The lowest BCUT2D eigenvalue weighted by atomic mass is 9.96. The van der Waals surface area contributed by atoms with Gasteiger partial charge in [-0.3, -0.25) is 9.78 Å². The summed E-state index contributed by atoms with van der Waals surface area (Å²) in [5.74, 6) is 1.05. The number of rotatable bonds is 8. The Morgan fingerprint density at radius 3 is 2.74 bits per heavy atom. The van der Waals surface area contributed by atoms with Gasteiger partial charge in [-0.25, -0.2) is 0 Å². The fraction of sp³-hybridized carbons (Fsp3) is 0.455. The zero-order chi connectivity index (χ0) is 18.9. The summed E-state index contributed by atoms with van der Waals surface area (Å²) in [6, 6.07) is 12.0. The van der Waals surface area contributed by atoms with Crippen molar-refractivity contribution in [3.63, 3.8) is 0 Å². The monoisotopic (exact) mass is 367 g/mol. The number of piperidine rings is 1. The Kier molecular flexibility index (Phi) is 7.08. The minimum Gasteiger partial charge on any atom is -0.494 e. The number of ether oxygens (including phenoxy) is 1.